The third-order valence-corrected chi connectivity index (χ3v) is 5.31. The number of unbranched alkanes of at least 4 members (excludes halogenated alkanes) is 6. The Hall–Kier alpha value is -1.83. The van der Waals surface area contributed by atoms with Crippen LogP contribution in [0.15, 0.2) is 42.5 Å². The Bertz CT molecular complexity index is 679. The molecule has 0 saturated carbocycles. The highest BCUT2D eigenvalue weighted by Crippen LogP contribution is 2.18. The number of hydrogen-bond acceptors (Lipinski definition) is 1. The lowest BCUT2D eigenvalue weighted by Crippen LogP contribution is -2.36. The molecule has 2 rings (SSSR count). The van der Waals surface area contributed by atoms with Gasteiger partial charge in [0, 0.05) is 12.5 Å². The SMILES string of the molecule is CCCCCCCCCC(=O)NC(CCC)Cc1ccc2ccccc2c1. The molecule has 1 N–H and O–H groups in total. The van der Waals surface area contributed by atoms with Crippen LogP contribution in [0.5, 0.6) is 0 Å². The minimum Gasteiger partial charge on any atom is -0.353 e. The average Bonchev–Trinajstić information content (AvgIpc) is 2.67. The van der Waals surface area contributed by atoms with Gasteiger partial charge in [0.15, 0.2) is 0 Å². The number of nitrogens with one attached hydrogen (secondary N) is 1. The zero-order valence-corrected chi connectivity index (χ0v) is 17.3. The Morgan fingerprint density at radius 3 is 2.30 bits per heavy atom. The fraction of sp³-hybridized carbons (Fsp3) is 0.560. The van der Waals surface area contributed by atoms with Crippen molar-refractivity contribution in [3.8, 4) is 0 Å². The summed E-state index contributed by atoms with van der Waals surface area (Å²) in [5, 5.41) is 5.84. The van der Waals surface area contributed by atoms with E-state index in [4.69, 9.17) is 0 Å². The van der Waals surface area contributed by atoms with Crippen LogP contribution >= 0.6 is 0 Å². The Morgan fingerprint density at radius 1 is 0.852 bits per heavy atom. The van der Waals surface area contributed by atoms with Gasteiger partial charge in [0.05, 0.1) is 0 Å². The third-order valence-electron chi connectivity index (χ3n) is 5.31. The van der Waals surface area contributed by atoms with Gasteiger partial charge in [-0.3, -0.25) is 4.79 Å². The van der Waals surface area contributed by atoms with Crippen LogP contribution < -0.4 is 5.32 Å². The molecule has 0 bridgehead atoms. The molecule has 0 heterocycles. The minimum absolute atomic E-state index is 0.225. The monoisotopic (exact) mass is 367 g/mol. The molecule has 1 amide bonds. The van der Waals surface area contributed by atoms with Crippen LogP contribution in [0, 0.1) is 0 Å². The first kappa shape index (κ1) is 21.5. The highest BCUT2D eigenvalue weighted by molar-refractivity contribution is 5.83. The lowest BCUT2D eigenvalue weighted by atomic mass is 9.99. The van der Waals surface area contributed by atoms with Gasteiger partial charge in [-0.25, -0.2) is 0 Å². The molecule has 2 heteroatoms. The normalized spacial score (nSPS) is 12.2. The van der Waals surface area contributed by atoms with Crippen LogP contribution in [-0.4, -0.2) is 11.9 Å². The van der Waals surface area contributed by atoms with Crippen LogP contribution in [0.3, 0.4) is 0 Å². The van der Waals surface area contributed by atoms with Gasteiger partial charge in [-0.05, 0) is 35.6 Å². The predicted molar refractivity (Wildman–Crippen MR) is 117 cm³/mol. The fourth-order valence-electron chi connectivity index (χ4n) is 3.77. The molecule has 148 valence electrons. The van der Waals surface area contributed by atoms with Crippen molar-refractivity contribution in [1.82, 2.24) is 5.32 Å². The molecule has 27 heavy (non-hydrogen) atoms. The van der Waals surface area contributed by atoms with Crippen LogP contribution in [0.4, 0.5) is 0 Å². The van der Waals surface area contributed by atoms with Gasteiger partial charge in [-0.15, -0.1) is 0 Å². The summed E-state index contributed by atoms with van der Waals surface area (Å²) in [5.41, 5.74) is 1.31. The zero-order valence-electron chi connectivity index (χ0n) is 17.3. The van der Waals surface area contributed by atoms with Gasteiger partial charge in [0.2, 0.25) is 5.91 Å². The highest BCUT2D eigenvalue weighted by atomic mass is 16.1. The molecule has 0 radical (unpaired) electrons. The van der Waals surface area contributed by atoms with Gasteiger partial charge >= 0.3 is 0 Å². The first-order valence-corrected chi connectivity index (χ1v) is 11.0. The zero-order chi connectivity index (χ0) is 19.3. The topological polar surface area (TPSA) is 29.1 Å². The van der Waals surface area contributed by atoms with E-state index in [1.165, 1.54) is 54.9 Å². The van der Waals surface area contributed by atoms with E-state index in [-0.39, 0.29) is 11.9 Å². The Balaban J connectivity index is 1.77. The van der Waals surface area contributed by atoms with Gasteiger partial charge in [0.25, 0.3) is 0 Å². The van der Waals surface area contributed by atoms with Crippen LogP contribution in [0.1, 0.15) is 83.6 Å². The first-order valence-electron chi connectivity index (χ1n) is 11.0. The molecule has 0 aliphatic carbocycles. The predicted octanol–water partition coefficient (Wildman–Crippen LogP) is 6.81. The molecule has 0 aromatic heterocycles. The van der Waals surface area contributed by atoms with E-state index in [1.807, 2.05) is 0 Å². The van der Waals surface area contributed by atoms with Crippen molar-refractivity contribution in [3.05, 3.63) is 48.0 Å². The first-order chi connectivity index (χ1) is 13.2. The van der Waals surface area contributed by atoms with Crippen LogP contribution in [0.2, 0.25) is 0 Å². The van der Waals surface area contributed by atoms with Crippen LogP contribution in [0.25, 0.3) is 10.8 Å². The molecular formula is C25H37NO. The number of hydrogen-bond donors (Lipinski definition) is 1. The van der Waals surface area contributed by atoms with Crippen molar-refractivity contribution in [2.75, 3.05) is 0 Å². The number of amides is 1. The Morgan fingerprint density at radius 2 is 1.56 bits per heavy atom. The van der Waals surface area contributed by atoms with Gasteiger partial charge in [-0.2, -0.15) is 0 Å². The summed E-state index contributed by atoms with van der Waals surface area (Å²) in [6, 6.07) is 15.4. The molecule has 0 spiro atoms. The number of carbonyl (C=O) groups is 1. The maximum Gasteiger partial charge on any atom is 0.220 e. The van der Waals surface area contributed by atoms with Crippen molar-refractivity contribution in [2.24, 2.45) is 0 Å². The summed E-state index contributed by atoms with van der Waals surface area (Å²) >= 11 is 0. The maximum absolute atomic E-state index is 12.4. The van der Waals surface area contributed by atoms with Crippen molar-refractivity contribution < 1.29 is 4.79 Å². The summed E-state index contributed by atoms with van der Waals surface area (Å²) in [5.74, 6) is 0.225. The van der Waals surface area contributed by atoms with E-state index in [1.54, 1.807) is 0 Å². The van der Waals surface area contributed by atoms with E-state index < -0.39 is 0 Å². The number of fused-ring (bicyclic) bond motifs is 1. The van der Waals surface area contributed by atoms with Crippen molar-refractivity contribution >= 4 is 16.7 Å². The smallest absolute Gasteiger partial charge is 0.220 e. The van der Waals surface area contributed by atoms with E-state index >= 15 is 0 Å². The van der Waals surface area contributed by atoms with E-state index in [0.717, 1.165) is 25.7 Å². The highest BCUT2D eigenvalue weighted by Gasteiger charge is 2.12. The molecule has 0 aliphatic heterocycles. The molecule has 2 nitrogen and oxygen atoms in total. The Labute approximate surface area is 165 Å². The molecule has 0 saturated heterocycles. The fourth-order valence-corrected chi connectivity index (χ4v) is 3.77. The van der Waals surface area contributed by atoms with Crippen molar-refractivity contribution in [2.45, 2.75) is 90.5 Å². The van der Waals surface area contributed by atoms with E-state index in [2.05, 4.69) is 61.6 Å². The quantitative estimate of drug-likeness (QED) is 0.387. The van der Waals surface area contributed by atoms with E-state index in [9.17, 15) is 4.79 Å². The summed E-state index contributed by atoms with van der Waals surface area (Å²) in [4.78, 5) is 12.4. The molecule has 2 aromatic carbocycles. The largest absolute Gasteiger partial charge is 0.353 e. The molecule has 2 aromatic rings. The third kappa shape index (κ3) is 8.15. The second-order valence-electron chi connectivity index (χ2n) is 7.81. The molecule has 1 unspecified atom stereocenters. The average molecular weight is 368 g/mol. The Kier molecular flexibility index (Phi) is 9.97. The number of carbonyl (C=O) groups excluding carboxylic acids is 1. The second kappa shape index (κ2) is 12.5. The van der Waals surface area contributed by atoms with Crippen molar-refractivity contribution in [1.29, 1.82) is 0 Å². The maximum atomic E-state index is 12.4. The molecular weight excluding hydrogens is 330 g/mol. The summed E-state index contributed by atoms with van der Waals surface area (Å²) in [7, 11) is 0. The molecule has 1 atom stereocenters. The number of benzene rings is 2. The van der Waals surface area contributed by atoms with E-state index in [0.29, 0.717) is 6.42 Å². The number of rotatable bonds is 13. The summed E-state index contributed by atoms with van der Waals surface area (Å²) in [6.07, 6.45) is 12.5. The molecule has 0 fully saturated rings. The van der Waals surface area contributed by atoms with Crippen molar-refractivity contribution in [3.63, 3.8) is 0 Å². The lowest BCUT2D eigenvalue weighted by molar-refractivity contribution is -0.121. The minimum atomic E-state index is 0.225. The van der Waals surface area contributed by atoms with Gasteiger partial charge < -0.3 is 5.32 Å². The van der Waals surface area contributed by atoms with Gasteiger partial charge in [-0.1, -0.05) is 101 Å². The lowest BCUT2D eigenvalue weighted by Gasteiger charge is -2.19. The van der Waals surface area contributed by atoms with Gasteiger partial charge in [0.1, 0.15) is 0 Å². The molecule has 0 aliphatic rings. The standard InChI is InChI=1S/C25H37NO/c1-3-5-6-7-8-9-10-16-25(27)26-24(13-4-2)20-21-17-18-22-14-11-12-15-23(22)19-21/h11-12,14-15,17-19,24H,3-10,13,16,20H2,1-2H3,(H,26,27). The van der Waals surface area contributed by atoms with Crippen LogP contribution in [-0.2, 0) is 11.2 Å². The summed E-state index contributed by atoms with van der Waals surface area (Å²) in [6.45, 7) is 4.44. The summed E-state index contributed by atoms with van der Waals surface area (Å²) < 4.78 is 0. The second-order valence-corrected chi connectivity index (χ2v) is 7.81.